The summed E-state index contributed by atoms with van der Waals surface area (Å²) in [5.74, 6) is -1.43. The number of aliphatic carboxylic acids is 1. The SMILES string of the molecule is CN(C)c1ccc(/C=C2\CCCC3C2=NN(C(=O)CCC(=O)[O-])C3c2ccc(N(C)C)cc2)cc1. The summed E-state index contributed by atoms with van der Waals surface area (Å²) in [6.07, 6.45) is 4.59. The highest BCUT2D eigenvalue weighted by atomic mass is 16.4. The van der Waals surface area contributed by atoms with Gasteiger partial charge in [0.15, 0.2) is 0 Å². The molecule has 1 heterocycles. The van der Waals surface area contributed by atoms with Crippen LogP contribution in [0.15, 0.2) is 59.2 Å². The number of carbonyl (C=O) groups is 2. The summed E-state index contributed by atoms with van der Waals surface area (Å²) in [7, 11) is 8.02. The van der Waals surface area contributed by atoms with Gasteiger partial charge in [-0.1, -0.05) is 24.3 Å². The van der Waals surface area contributed by atoms with E-state index < -0.39 is 5.97 Å². The van der Waals surface area contributed by atoms with Gasteiger partial charge in [0.2, 0.25) is 5.91 Å². The number of carbonyl (C=O) groups excluding carboxylic acids is 2. The van der Waals surface area contributed by atoms with Crippen LogP contribution in [0.1, 0.15) is 49.3 Å². The number of nitrogens with zero attached hydrogens (tertiary/aromatic N) is 4. The number of hydrazone groups is 1. The van der Waals surface area contributed by atoms with Crippen molar-refractivity contribution in [1.82, 2.24) is 5.01 Å². The molecule has 35 heavy (non-hydrogen) atoms. The first-order chi connectivity index (χ1) is 16.7. The van der Waals surface area contributed by atoms with Crippen LogP contribution in [0.3, 0.4) is 0 Å². The molecule has 1 amide bonds. The summed E-state index contributed by atoms with van der Waals surface area (Å²) in [5.41, 5.74) is 6.41. The first kappa shape index (κ1) is 24.5. The third-order valence-electron chi connectivity index (χ3n) is 6.80. The topological polar surface area (TPSA) is 79.3 Å². The minimum Gasteiger partial charge on any atom is -0.550 e. The molecule has 2 aliphatic rings. The van der Waals surface area contributed by atoms with E-state index in [0.29, 0.717) is 0 Å². The molecular formula is C28H33N4O3-. The Bertz CT molecular complexity index is 1130. The van der Waals surface area contributed by atoms with Gasteiger partial charge in [-0.05, 0) is 72.7 Å². The van der Waals surface area contributed by atoms with E-state index in [4.69, 9.17) is 5.10 Å². The molecule has 0 aromatic heterocycles. The summed E-state index contributed by atoms with van der Waals surface area (Å²) >= 11 is 0. The second kappa shape index (κ2) is 10.3. The van der Waals surface area contributed by atoms with E-state index in [1.165, 1.54) is 5.01 Å². The van der Waals surface area contributed by atoms with Crippen LogP contribution in [0, 0.1) is 5.92 Å². The molecule has 0 bridgehead atoms. The van der Waals surface area contributed by atoms with Crippen molar-refractivity contribution in [2.75, 3.05) is 38.0 Å². The van der Waals surface area contributed by atoms with Crippen molar-refractivity contribution in [2.24, 2.45) is 11.0 Å². The van der Waals surface area contributed by atoms with E-state index >= 15 is 0 Å². The molecule has 2 unspecified atom stereocenters. The summed E-state index contributed by atoms with van der Waals surface area (Å²) in [5, 5.41) is 17.4. The zero-order valence-corrected chi connectivity index (χ0v) is 20.9. The predicted octanol–water partition coefficient (Wildman–Crippen LogP) is 3.47. The summed E-state index contributed by atoms with van der Waals surface area (Å²) in [6, 6.07) is 16.3. The molecule has 0 radical (unpaired) electrons. The summed E-state index contributed by atoms with van der Waals surface area (Å²) in [4.78, 5) is 28.2. The second-order valence-corrected chi connectivity index (χ2v) is 9.68. The first-order valence-corrected chi connectivity index (χ1v) is 12.1. The fourth-order valence-electron chi connectivity index (χ4n) is 4.90. The number of carboxylic acid groups (broad SMARTS) is 1. The van der Waals surface area contributed by atoms with Gasteiger partial charge in [-0.3, -0.25) is 4.79 Å². The molecule has 1 aliphatic carbocycles. The number of anilines is 2. The van der Waals surface area contributed by atoms with Gasteiger partial charge in [-0.2, -0.15) is 5.10 Å². The maximum Gasteiger partial charge on any atom is 0.243 e. The first-order valence-electron chi connectivity index (χ1n) is 12.1. The molecule has 4 rings (SSSR count). The average molecular weight is 474 g/mol. The Morgan fingerprint density at radius 2 is 1.57 bits per heavy atom. The van der Waals surface area contributed by atoms with Gasteiger partial charge in [0.1, 0.15) is 0 Å². The molecule has 1 aliphatic heterocycles. The molecule has 1 saturated carbocycles. The fourth-order valence-corrected chi connectivity index (χ4v) is 4.90. The second-order valence-electron chi connectivity index (χ2n) is 9.68. The Kier molecular flexibility index (Phi) is 7.24. The molecule has 2 atom stereocenters. The van der Waals surface area contributed by atoms with E-state index in [0.717, 1.165) is 53.0 Å². The number of fused-ring (bicyclic) bond motifs is 1. The lowest BCUT2D eigenvalue weighted by atomic mass is 9.77. The zero-order valence-electron chi connectivity index (χ0n) is 20.9. The molecule has 184 valence electrons. The van der Waals surface area contributed by atoms with Crippen LogP contribution in [0.5, 0.6) is 0 Å². The minimum absolute atomic E-state index is 0.0770. The van der Waals surface area contributed by atoms with Crippen LogP contribution in [0.2, 0.25) is 0 Å². The van der Waals surface area contributed by atoms with Gasteiger partial charge < -0.3 is 19.7 Å². The number of hydrogen-bond donors (Lipinski definition) is 0. The van der Waals surface area contributed by atoms with E-state index in [1.54, 1.807) is 0 Å². The van der Waals surface area contributed by atoms with Crippen molar-refractivity contribution in [3.63, 3.8) is 0 Å². The van der Waals surface area contributed by atoms with Gasteiger partial charge in [0.25, 0.3) is 0 Å². The van der Waals surface area contributed by atoms with E-state index in [2.05, 4.69) is 47.4 Å². The van der Waals surface area contributed by atoms with E-state index in [1.807, 2.05) is 45.2 Å². The number of amides is 1. The molecule has 2 aromatic rings. The van der Waals surface area contributed by atoms with Gasteiger partial charge in [0.05, 0.1) is 11.8 Å². The van der Waals surface area contributed by atoms with Crippen molar-refractivity contribution < 1.29 is 14.7 Å². The molecule has 2 aromatic carbocycles. The summed E-state index contributed by atoms with van der Waals surface area (Å²) in [6.45, 7) is 0. The Labute approximate surface area is 207 Å². The van der Waals surface area contributed by atoms with Crippen molar-refractivity contribution in [1.29, 1.82) is 0 Å². The van der Waals surface area contributed by atoms with Crippen LogP contribution in [-0.4, -0.2) is 50.8 Å². The normalized spacial score (nSPS) is 20.4. The van der Waals surface area contributed by atoms with Crippen LogP contribution in [0.25, 0.3) is 6.08 Å². The maximum absolute atomic E-state index is 13.1. The smallest absolute Gasteiger partial charge is 0.243 e. The lowest BCUT2D eigenvalue weighted by Crippen LogP contribution is -2.33. The number of rotatable bonds is 7. The van der Waals surface area contributed by atoms with Crippen molar-refractivity contribution >= 4 is 35.0 Å². The zero-order chi connectivity index (χ0) is 25.1. The minimum atomic E-state index is -1.23. The lowest BCUT2D eigenvalue weighted by molar-refractivity contribution is -0.305. The maximum atomic E-state index is 13.1. The number of carboxylic acids is 1. The van der Waals surface area contributed by atoms with E-state index in [9.17, 15) is 14.7 Å². The van der Waals surface area contributed by atoms with Crippen LogP contribution in [-0.2, 0) is 9.59 Å². The average Bonchev–Trinajstić information content (AvgIpc) is 3.23. The van der Waals surface area contributed by atoms with Gasteiger partial charge in [-0.15, -0.1) is 0 Å². The van der Waals surface area contributed by atoms with E-state index in [-0.39, 0.29) is 30.7 Å². The van der Waals surface area contributed by atoms with Crippen molar-refractivity contribution in [3.05, 3.63) is 65.2 Å². The van der Waals surface area contributed by atoms with Crippen molar-refractivity contribution in [2.45, 2.75) is 38.1 Å². The molecule has 0 spiro atoms. The monoisotopic (exact) mass is 473 g/mol. The molecule has 1 fully saturated rings. The third-order valence-corrected chi connectivity index (χ3v) is 6.80. The van der Waals surface area contributed by atoms with Crippen LogP contribution in [0.4, 0.5) is 11.4 Å². The Morgan fingerprint density at radius 1 is 0.971 bits per heavy atom. The number of benzene rings is 2. The van der Waals surface area contributed by atoms with Gasteiger partial charge >= 0.3 is 0 Å². The fraction of sp³-hybridized carbons (Fsp3) is 0.393. The number of hydrogen-bond acceptors (Lipinski definition) is 6. The predicted molar refractivity (Wildman–Crippen MR) is 138 cm³/mol. The summed E-state index contributed by atoms with van der Waals surface area (Å²) < 4.78 is 0. The molecule has 0 saturated heterocycles. The van der Waals surface area contributed by atoms with Gasteiger partial charge in [-0.25, -0.2) is 5.01 Å². The third kappa shape index (κ3) is 5.39. The Morgan fingerprint density at radius 3 is 2.14 bits per heavy atom. The number of allylic oxidation sites excluding steroid dienone is 1. The lowest BCUT2D eigenvalue weighted by Gasteiger charge is -2.30. The largest absolute Gasteiger partial charge is 0.550 e. The highest BCUT2D eigenvalue weighted by molar-refractivity contribution is 6.08. The van der Waals surface area contributed by atoms with Gasteiger partial charge in [0, 0.05) is 57.9 Å². The highest BCUT2D eigenvalue weighted by Gasteiger charge is 2.43. The quantitative estimate of drug-likeness (QED) is 0.615. The molecule has 7 nitrogen and oxygen atoms in total. The van der Waals surface area contributed by atoms with Crippen LogP contribution < -0.4 is 14.9 Å². The molecular weight excluding hydrogens is 440 g/mol. The molecule has 7 heteroatoms. The molecule has 0 N–H and O–H groups in total. The van der Waals surface area contributed by atoms with Crippen LogP contribution >= 0.6 is 0 Å². The Hall–Kier alpha value is -3.61. The van der Waals surface area contributed by atoms with Crippen molar-refractivity contribution in [3.8, 4) is 0 Å². The highest BCUT2D eigenvalue weighted by Crippen LogP contribution is 2.45. The standard InChI is InChI=1S/C28H34N4O3/c1-30(2)22-12-8-19(9-13-22)18-21-6-5-7-24-27(21)29-32(25(33)16-17-26(34)35)28(24)20-10-14-23(15-11-20)31(3)4/h8-15,18,24,28H,5-7,16-17H2,1-4H3,(H,34,35)/p-1/b21-18+. The Balaban J connectivity index is 1.68.